The second kappa shape index (κ2) is 27.4. The minimum absolute atomic E-state index is 0.0576. The molecule has 4 heteroatoms. The summed E-state index contributed by atoms with van der Waals surface area (Å²) in [6, 6.07) is 31.6. The summed E-state index contributed by atoms with van der Waals surface area (Å²) >= 11 is 0. The van der Waals surface area contributed by atoms with Crippen LogP contribution in [0.5, 0.6) is 0 Å². The van der Waals surface area contributed by atoms with Gasteiger partial charge in [-0.2, -0.15) is 0 Å². The maximum atomic E-state index is 8.72. The lowest BCUT2D eigenvalue weighted by molar-refractivity contribution is -0.660. The molecule has 0 fully saturated rings. The fourth-order valence-corrected chi connectivity index (χ4v) is 8.80. The molecule has 412 valence electrons. The lowest BCUT2D eigenvalue weighted by Crippen LogP contribution is -2.31. The van der Waals surface area contributed by atoms with Crippen LogP contribution in [0.25, 0.3) is 45.0 Å². The highest BCUT2D eigenvalue weighted by molar-refractivity contribution is 5.64. The molecular formula is C74H100N4+4. The molecule has 8 aromatic rings. The average Bonchev–Trinajstić information content (AvgIpc) is 0.742. The van der Waals surface area contributed by atoms with E-state index in [9.17, 15) is 0 Å². The number of aryl methyl sites for hydroxylation is 12. The van der Waals surface area contributed by atoms with Crippen LogP contribution in [-0.4, -0.2) is 0 Å². The molecular weight excluding hydrogens is 945 g/mol. The normalized spacial score (nSPS) is 22.4. The van der Waals surface area contributed by atoms with Gasteiger partial charge in [0.15, 0.2) is 24.8 Å². The number of hydrogen-bond acceptors (Lipinski definition) is 0. The van der Waals surface area contributed by atoms with Gasteiger partial charge in [0.1, 0.15) is 28.2 Å². The van der Waals surface area contributed by atoms with Gasteiger partial charge in [-0.1, -0.05) is 117 Å². The summed E-state index contributed by atoms with van der Waals surface area (Å²) in [6.45, 7) is -17.0. The van der Waals surface area contributed by atoms with Gasteiger partial charge in [0.05, 0.1) is 0 Å². The van der Waals surface area contributed by atoms with Crippen molar-refractivity contribution in [1.29, 1.82) is 0 Å². The second-order valence-corrected chi connectivity index (χ2v) is 20.1. The zero-order valence-electron chi connectivity index (χ0n) is 85.6. The number of nitrogens with zero attached hydrogens (tertiary/aromatic N) is 4. The van der Waals surface area contributed by atoms with Gasteiger partial charge >= 0.3 is 0 Å². The third kappa shape index (κ3) is 17.0. The van der Waals surface area contributed by atoms with E-state index in [0.717, 1.165) is 33.6 Å². The van der Waals surface area contributed by atoms with Gasteiger partial charge in [-0.05, 0) is 196 Å². The predicted octanol–water partition coefficient (Wildman–Crippen LogP) is 17.5. The van der Waals surface area contributed by atoms with Crippen LogP contribution < -0.4 is 18.3 Å². The minimum atomic E-state index is -3.22. The van der Waals surface area contributed by atoms with Crippen molar-refractivity contribution < 1.29 is 71.7 Å². The summed E-state index contributed by atoms with van der Waals surface area (Å²) in [4.78, 5) is 0. The van der Waals surface area contributed by atoms with Crippen LogP contribution in [-0.2, 0) is 40.0 Å². The fourth-order valence-electron chi connectivity index (χ4n) is 8.80. The zero-order valence-corrected chi connectivity index (χ0v) is 46.6. The molecule has 0 spiro atoms. The summed E-state index contributed by atoms with van der Waals surface area (Å²) < 4.78 is 308. The molecule has 4 aromatic carbocycles. The molecule has 0 saturated heterocycles. The van der Waals surface area contributed by atoms with Crippen molar-refractivity contribution >= 4 is 0 Å². The summed E-state index contributed by atoms with van der Waals surface area (Å²) in [5.74, 6) is -4.82. The number of benzene rings is 4. The Balaban J connectivity index is 0.000000278. The van der Waals surface area contributed by atoms with Gasteiger partial charge in [-0.3, -0.25) is 0 Å². The molecule has 0 N–H and O–H groups in total. The number of rotatable bonds is 10. The Labute approximate surface area is 529 Å². The first-order valence-electron chi connectivity index (χ1n) is 44.6. The maximum absolute atomic E-state index is 8.72. The van der Waals surface area contributed by atoms with Crippen molar-refractivity contribution in [3.8, 4) is 45.0 Å². The second-order valence-electron chi connectivity index (χ2n) is 20.1. The van der Waals surface area contributed by atoms with Gasteiger partial charge in [0.2, 0.25) is 22.8 Å². The van der Waals surface area contributed by atoms with E-state index in [1.807, 2.05) is 6.92 Å². The topological polar surface area (TPSA) is 15.5 Å². The molecule has 78 heavy (non-hydrogen) atoms. The third-order valence-electron chi connectivity index (χ3n) is 12.8. The van der Waals surface area contributed by atoms with E-state index >= 15 is 0 Å². The molecule has 2 unspecified atom stereocenters. The van der Waals surface area contributed by atoms with E-state index in [0.29, 0.717) is 39.2 Å². The Bertz CT molecular complexity index is 4830. The first kappa shape index (κ1) is 27.1. The Hall–Kier alpha value is -6.52. The quantitative estimate of drug-likeness (QED) is 0.121. The summed E-state index contributed by atoms with van der Waals surface area (Å²) in [5, 5.41) is 0. The summed E-state index contributed by atoms with van der Waals surface area (Å²) in [7, 11) is 6.88. The van der Waals surface area contributed by atoms with Gasteiger partial charge in [0.25, 0.3) is 0 Å². The molecule has 0 saturated carbocycles. The van der Waals surface area contributed by atoms with Crippen LogP contribution in [0.4, 0.5) is 0 Å². The first-order chi connectivity index (χ1) is 52.2. The van der Waals surface area contributed by atoms with E-state index in [4.69, 9.17) is 53.5 Å². The van der Waals surface area contributed by atoms with Crippen molar-refractivity contribution in [2.75, 3.05) is 0 Å². The van der Waals surface area contributed by atoms with E-state index in [2.05, 4.69) is 0 Å². The highest BCUT2D eigenvalue weighted by Gasteiger charge is 2.20. The van der Waals surface area contributed by atoms with Crippen LogP contribution in [0.3, 0.4) is 0 Å². The highest BCUT2D eigenvalue weighted by atomic mass is 14.9. The molecule has 4 aromatic heterocycles. The molecule has 0 bridgehead atoms. The van der Waals surface area contributed by atoms with E-state index in [1.165, 1.54) is 87.9 Å². The van der Waals surface area contributed by atoms with Gasteiger partial charge in [-0.25, -0.2) is 18.3 Å². The largest absolute Gasteiger partial charge is 0.212 e. The minimum Gasteiger partial charge on any atom is -0.201 e. The summed E-state index contributed by atoms with van der Waals surface area (Å²) in [6.07, 6.45) is -0.879. The predicted molar refractivity (Wildman–Crippen MR) is 334 cm³/mol. The molecule has 2 atom stereocenters. The number of aromatic nitrogens is 4. The number of pyridine rings is 4. The maximum Gasteiger partial charge on any atom is 0.212 e. The third-order valence-corrected chi connectivity index (χ3v) is 12.8. The smallest absolute Gasteiger partial charge is 0.201 e. The van der Waals surface area contributed by atoms with Gasteiger partial charge < -0.3 is 0 Å². The molecule has 0 radical (unpaired) electrons. The lowest BCUT2D eigenvalue weighted by atomic mass is 9.85. The average molecular weight is 1080 g/mol. The zero-order chi connectivity index (χ0) is 90.7. The van der Waals surface area contributed by atoms with Gasteiger partial charge in [-0.15, -0.1) is 0 Å². The Morgan fingerprint density at radius 3 is 1.26 bits per heavy atom. The molecule has 8 rings (SSSR count). The van der Waals surface area contributed by atoms with E-state index < -0.39 is 124 Å². The van der Waals surface area contributed by atoms with E-state index in [-0.39, 0.29) is 38.9 Å². The fraction of sp³-hybridized carbons (Fsp3) is 0.405. The van der Waals surface area contributed by atoms with Crippen LogP contribution >= 0.6 is 0 Å². The SMILES string of the molecule is [2H]C([2H])([2H])CC([2H])(c1ccc(-c2ccc(C([2H])([2H])[2H])c[n+]2C)c(C)c1)C([2H])([2H])C([2H])([2H])[2H].[2H]C([2H])([2H])CC([2H])(c1ccc(-c2ccc(C([2H])([2H])[2H])c[n+]2C)c(C)c1)C([2H])([2H])[2H].[2H]C([2H])([2H])c1ccc(-c2ccc(C(C)(C([2H])([2H])[2H])C([2H])([2H])[2H])cc2C)[n+](C)c1.[2H]C([2H])([2H])c1ccc(-c2ccc(C([2H])([2H])C(C)(C)C([2H])([2H])[2H])cc2C)[n+](C)c1. The Morgan fingerprint density at radius 2 is 0.885 bits per heavy atom. The number of hydrogen-bond donors (Lipinski definition) is 0. The molecule has 0 amide bonds. The van der Waals surface area contributed by atoms with Crippen molar-refractivity contribution in [3.05, 3.63) is 213 Å². The Morgan fingerprint density at radius 1 is 0.462 bits per heavy atom. The summed E-state index contributed by atoms with van der Waals surface area (Å²) in [5.41, 5.74) is 6.36. The van der Waals surface area contributed by atoms with Crippen molar-refractivity contribution in [2.24, 2.45) is 33.6 Å². The molecule has 0 aliphatic rings. The van der Waals surface area contributed by atoms with Crippen LogP contribution in [0.15, 0.2) is 146 Å². The Kier molecular flexibility index (Phi) is 9.51. The molecule has 4 heterocycles. The van der Waals surface area contributed by atoms with Crippen molar-refractivity contribution in [1.82, 2.24) is 0 Å². The molecule has 4 nitrogen and oxygen atoms in total. The van der Waals surface area contributed by atoms with Crippen molar-refractivity contribution in [3.63, 3.8) is 0 Å². The van der Waals surface area contributed by atoms with Crippen LogP contribution in [0.1, 0.15) is 220 Å². The van der Waals surface area contributed by atoms with Crippen molar-refractivity contribution in [2.45, 2.75) is 167 Å². The monoisotopic (exact) mass is 1080 g/mol. The first-order valence-corrected chi connectivity index (χ1v) is 25.1. The highest BCUT2D eigenvalue weighted by Crippen LogP contribution is 2.31. The van der Waals surface area contributed by atoms with Crippen LogP contribution in [0.2, 0.25) is 0 Å². The molecule has 0 aliphatic heterocycles. The molecule has 0 aliphatic carbocycles. The standard InChI is InChI=1S/2C19H26N.2C18H24N/c1-14-7-10-18(20(6)13-14)17-9-8-16(11-15(17)2)12-19(3,4)5;1-6-16(7-2)17-9-10-18(15(4)12-17)19-11-8-14(3)13-20(19)5;1-13-7-10-17(19(6)12-13)16-9-8-15(11-14(16)2)18(3,4)5;1-6-14(3)16-8-9-17(15(4)11-16)18-10-7-13(2)12-19(18)5/h7-11,13H,12H2,1-6H3;8-13,16H,6-7H2,1-5H3;7-12H,1-6H3;7-12,14H,6H2,1-5H3/q4*+1/i1D3,3D3,12D2;1D3,2D3,3D3,6D2,16D;1D3,3D3,4D3;1D3,2D3,3D3,14D. The lowest BCUT2D eigenvalue weighted by Gasteiger charge is -2.20. The van der Waals surface area contributed by atoms with E-state index in [1.54, 1.807) is 146 Å². The van der Waals surface area contributed by atoms with Crippen LogP contribution in [0, 0.1) is 60.5 Å². The van der Waals surface area contributed by atoms with Gasteiger partial charge in [0, 0.05) is 122 Å².